The molecule has 0 amide bonds. The molecule has 0 saturated heterocycles. The quantitative estimate of drug-likeness (QED) is 0.164. The van der Waals surface area contributed by atoms with Crippen molar-refractivity contribution in [2.24, 2.45) is 0 Å². The third kappa shape index (κ3) is 5.77. The summed E-state index contributed by atoms with van der Waals surface area (Å²) in [5.74, 6) is 0. The van der Waals surface area contributed by atoms with Crippen molar-refractivity contribution in [2.45, 2.75) is 0 Å². The summed E-state index contributed by atoms with van der Waals surface area (Å²) in [5.41, 5.74) is 14.0. The summed E-state index contributed by atoms with van der Waals surface area (Å²) in [6.45, 7) is 0. The molecular weight excluding hydrogens is 729 g/mol. The lowest BCUT2D eigenvalue weighted by atomic mass is 9.95. The number of benzene rings is 8. The van der Waals surface area contributed by atoms with Gasteiger partial charge in [-0.25, -0.2) is 19.9 Å². The first-order valence-electron chi connectivity index (χ1n) is 20.3. The molecule has 0 radical (unpaired) electrons. The summed E-state index contributed by atoms with van der Waals surface area (Å²) in [7, 11) is 0. The van der Waals surface area contributed by atoms with Crippen molar-refractivity contribution in [2.75, 3.05) is 0 Å². The van der Waals surface area contributed by atoms with Crippen LogP contribution in [0.5, 0.6) is 0 Å². The zero-order valence-corrected chi connectivity index (χ0v) is 32.4. The minimum atomic E-state index is 0.902. The molecule has 60 heavy (non-hydrogen) atoms. The van der Waals surface area contributed by atoms with E-state index in [9.17, 15) is 0 Å². The van der Waals surface area contributed by atoms with Gasteiger partial charge in [-0.2, -0.15) is 0 Å². The lowest BCUT2D eigenvalue weighted by molar-refractivity contribution is 1.36. The number of nitrogens with zero attached hydrogens (tertiary/aromatic N) is 4. The molecule has 4 nitrogen and oxygen atoms in total. The first kappa shape index (κ1) is 34.0. The van der Waals surface area contributed by atoms with Gasteiger partial charge in [-0.15, -0.1) is 0 Å². The summed E-state index contributed by atoms with van der Waals surface area (Å²) in [6.07, 6.45) is 0. The Hall–Kier alpha value is -8.08. The Kier molecular flexibility index (Phi) is 7.82. The Morgan fingerprint density at radius 3 is 1.53 bits per heavy atom. The van der Waals surface area contributed by atoms with Gasteiger partial charge < -0.3 is 0 Å². The second-order valence-corrected chi connectivity index (χ2v) is 15.4. The van der Waals surface area contributed by atoms with Gasteiger partial charge in [0.2, 0.25) is 0 Å². The van der Waals surface area contributed by atoms with E-state index in [2.05, 4.69) is 188 Å². The SMILES string of the molecule is c1ccc(-c2ccc3ccc4ccc(-c5cccc(-c6ccc(-c7nc8ccccc8c8ccc9ccc(-c%10ccc%11ccccc%11c%10)nc9c78)cc6)c5)nc4c3n2)cc1. The summed E-state index contributed by atoms with van der Waals surface area (Å²) in [4.78, 5) is 21.1. The predicted molar refractivity (Wildman–Crippen MR) is 250 cm³/mol. The van der Waals surface area contributed by atoms with Crippen LogP contribution in [0.4, 0.5) is 0 Å². The lowest BCUT2D eigenvalue weighted by Crippen LogP contribution is -1.94. The molecule has 278 valence electrons. The average molecular weight is 763 g/mol. The van der Waals surface area contributed by atoms with Gasteiger partial charge in [0.05, 0.1) is 44.8 Å². The molecule has 0 saturated carbocycles. The van der Waals surface area contributed by atoms with Crippen LogP contribution >= 0.6 is 0 Å². The van der Waals surface area contributed by atoms with Crippen LogP contribution in [0.15, 0.2) is 206 Å². The van der Waals surface area contributed by atoms with E-state index in [-0.39, 0.29) is 0 Å². The normalized spacial score (nSPS) is 11.7. The summed E-state index contributed by atoms with van der Waals surface area (Å²) in [6, 6.07) is 72.7. The minimum absolute atomic E-state index is 0.902. The molecule has 0 unspecified atom stereocenters. The molecule has 0 aliphatic carbocycles. The van der Waals surface area contributed by atoms with Gasteiger partial charge in [-0.05, 0) is 63.7 Å². The molecule has 0 aliphatic rings. The highest BCUT2D eigenvalue weighted by Gasteiger charge is 2.16. The third-order valence-electron chi connectivity index (χ3n) is 11.8. The van der Waals surface area contributed by atoms with E-state index in [1.165, 1.54) is 10.8 Å². The van der Waals surface area contributed by atoms with Crippen molar-refractivity contribution in [1.82, 2.24) is 19.9 Å². The molecule has 4 heterocycles. The van der Waals surface area contributed by atoms with Crippen LogP contribution in [0.25, 0.3) is 121 Å². The van der Waals surface area contributed by atoms with E-state index in [1.54, 1.807) is 0 Å². The first-order chi connectivity index (χ1) is 29.7. The molecule has 8 aromatic carbocycles. The maximum Gasteiger partial charge on any atom is 0.0972 e. The van der Waals surface area contributed by atoms with Gasteiger partial charge in [0.1, 0.15) is 0 Å². The van der Waals surface area contributed by atoms with Crippen LogP contribution in [-0.4, -0.2) is 19.9 Å². The van der Waals surface area contributed by atoms with Crippen LogP contribution in [0.3, 0.4) is 0 Å². The van der Waals surface area contributed by atoms with E-state index >= 15 is 0 Å². The Morgan fingerprint density at radius 1 is 0.250 bits per heavy atom. The number of pyridine rings is 4. The van der Waals surface area contributed by atoms with Gasteiger partial charge >= 0.3 is 0 Å². The van der Waals surface area contributed by atoms with Crippen LogP contribution in [0.1, 0.15) is 0 Å². The van der Waals surface area contributed by atoms with Crippen LogP contribution < -0.4 is 0 Å². The number of para-hydroxylation sites is 1. The van der Waals surface area contributed by atoms with Gasteiger partial charge in [0.25, 0.3) is 0 Å². The fraction of sp³-hybridized carbons (Fsp3) is 0. The van der Waals surface area contributed by atoms with Crippen LogP contribution in [0.2, 0.25) is 0 Å². The highest BCUT2D eigenvalue weighted by atomic mass is 14.8. The Labute approximate surface area is 346 Å². The molecule has 0 aliphatic heterocycles. The Morgan fingerprint density at radius 2 is 0.767 bits per heavy atom. The molecule has 4 aromatic heterocycles. The smallest absolute Gasteiger partial charge is 0.0972 e. The van der Waals surface area contributed by atoms with Crippen molar-refractivity contribution >= 4 is 65.2 Å². The second kappa shape index (κ2) is 13.8. The third-order valence-corrected chi connectivity index (χ3v) is 11.8. The van der Waals surface area contributed by atoms with Gasteiger partial charge in [-0.3, -0.25) is 0 Å². The monoisotopic (exact) mass is 762 g/mol. The highest BCUT2D eigenvalue weighted by Crippen LogP contribution is 2.39. The van der Waals surface area contributed by atoms with Gasteiger partial charge in [-0.1, -0.05) is 170 Å². The zero-order chi connectivity index (χ0) is 39.6. The number of aromatic nitrogens is 4. The molecule has 4 heteroatoms. The standard InChI is InChI=1S/C56H34N4/c1-2-10-37(11-3-1)48-30-27-40-22-23-41-28-32-49(59-56(41)55(40)58-48)44-14-8-13-43(33-44)36-17-20-38(21-18-36)54-52-47(46-15-6-7-16-51(46)60-54)29-25-39-26-31-50(57-53(39)52)45-24-19-35-9-4-5-12-42(35)34-45/h1-34H. The largest absolute Gasteiger partial charge is 0.247 e. The molecular formula is C56H34N4. The summed E-state index contributed by atoms with van der Waals surface area (Å²) < 4.78 is 0. The van der Waals surface area contributed by atoms with Crippen molar-refractivity contribution in [3.8, 4) is 56.2 Å². The van der Waals surface area contributed by atoms with Crippen molar-refractivity contribution in [3.05, 3.63) is 206 Å². The number of fused-ring (bicyclic) bond motifs is 9. The van der Waals surface area contributed by atoms with E-state index in [0.717, 1.165) is 111 Å². The van der Waals surface area contributed by atoms with Gasteiger partial charge in [0.15, 0.2) is 0 Å². The number of hydrogen-bond acceptors (Lipinski definition) is 4. The van der Waals surface area contributed by atoms with Crippen molar-refractivity contribution < 1.29 is 0 Å². The first-order valence-corrected chi connectivity index (χ1v) is 20.3. The predicted octanol–water partition coefficient (Wildman–Crippen LogP) is 14.5. The Balaban J connectivity index is 0.946. The lowest BCUT2D eigenvalue weighted by Gasteiger charge is -2.14. The maximum atomic E-state index is 5.38. The topological polar surface area (TPSA) is 51.6 Å². The van der Waals surface area contributed by atoms with E-state index < -0.39 is 0 Å². The molecule has 0 spiro atoms. The Bertz CT molecular complexity index is 3650. The van der Waals surface area contributed by atoms with Gasteiger partial charge in [0, 0.05) is 49.2 Å². The molecule has 0 N–H and O–H groups in total. The van der Waals surface area contributed by atoms with Crippen molar-refractivity contribution in [1.29, 1.82) is 0 Å². The molecule has 0 fully saturated rings. The minimum Gasteiger partial charge on any atom is -0.247 e. The fourth-order valence-corrected chi connectivity index (χ4v) is 8.72. The molecule has 12 rings (SSSR count). The maximum absolute atomic E-state index is 5.38. The van der Waals surface area contributed by atoms with Crippen LogP contribution in [0, 0.1) is 0 Å². The highest BCUT2D eigenvalue weighted by molar-refractivity contribution is 6.20. The molecule has 0 bridgehead atoms. The fourth-order valence-electron chi connectivity index (χ4n) is 8.72. The average Bonchev–Trinajstić information content (AvgIpc) is 3.33. The summed E-state index contributed by atoms with van der Waals surface area (Å²) >= 11 is 0. The van der Waals surface area contributed by atoms with E-state index in [1.807, 2.05) is 18.2 Å². The summed E-state index contributed by atoms with van der Waals surface area (Å²) in [5, 5.41) is 8.96. The molecule has 0 atom stereocenters. The number of hydrogen-bond donors (Lipinski definition) is 0. The van der Waals surface area contributed by atoms with E-state index in [4.69, 9.17) is 19.9 Å². The van der Waals surface area contributed by atoms with Crippen LogP contribution in [-0.2, 0) is 0 Å². The molecule has 12 aromatic rings. The van der Waals surface area contributed by atoms with Crippen molar-refractivity contribution in [3.63, 3.8) is 0 Å². The zero-order valence-electron chi connectivity index (χ0n) is 32.4. The second-order valence-electron chi connectivity index (χ2n) is 15.4. The van der Waals surface area contributed by atoms with E-state index in [0.29, 0.717) is 0 Å². The number of rotatable bonds is 5.